The Morgan fingerprint density at radius 2 is 2.07 bits per heavy atom. The Morgan fingerprint density at radius 1 is 1.30 bits per heavy atom. The molecule has 1 aromatic carbocycles. The van der Waals surface area contributed by atoms with Crippen LogP contribution in [-0.2, 0) is 32.5 Å². The number of hydrogen-bond acceptors (Lipinski definition) is 6. The van der Waals surface area contributed by atoms with Crippen molar-refractivity contribution in [1.29, 1.82) is 0 Å². The number of methoxy groups -OCH3 is 1. The van der Waals surface area contributed by atoms with Gasteiger partial charge >= 0.3 is 0 Å². The van der Waals surface area contributed by atoms with Gasteiger partial charge in [0, 0.05) is 13.1 Å². The SMILES string of the molecule is C#CCN(Cc1ccco1)C(=O)Cc1ccc(OC)c(S(=O)(=O)N2CCOCC2)c1. The Morgan fingerprint density at radius 3 is 2.70 bits per heavy atom. The Kier molecular flexibility index (Phi) is 7.15. The van der Waals surface area contributed by atoms with Gasteiger partial charge in [0.25, 0.3) is 0 Å². The third kappa shape index (κ3) is 5.02. The van der Waals surface area contributed by atoms with Crippen molar-refractivity contribution in [3.05, 3.63) is 47.9 Å². The first-order chi connectivity index (χ1) is 14.5. The predicted molar refractivity (Wildman–Crippen MR) is 109 cm³/mol. The zero-order chi connectivity index (χ0) is 21.6. The number of benzene rings is 1. The molecular weight excluding hydrogens is 408 g/mol. The average molecular weight is 432 g/mol. The van der Waals surface area contributed by atoms with Crippen LogP contribution in [-0.4, -0.2) is 63.5 Å². The second kappa shape index (κ2) is 9.80. The molecule has 8 nitrogen and oxygen atoms in total. The maximum Gasteiger partial charge on any atom is 0.246 e. The Bertz CT molecular complexity index is 1000. The number of morpholine rings is 1. The number of nitrogens with zero attached hydrogens (tertiary/aromatic N) is 2. The summed E-state index contributed by atoms with van der Waals surface area (Å²) in [6.07, 6.45) is 6.93. The first-order valence-electron chi connectivity index (χ1n) is 9.44. The van der Waals surface area contributed by atoms with Gasteiger partial charge in [-0.05, 0) is 29.8 Å². The van der Waals surface area contributed by atoms with Crippen LogP contribution >= 0.6 is 0 Å². The second-order valence-corrected chi connectivity index (χ2v) is 8.62. The number of ether oxygens (including phenoxy) is 2. The lowest BCUT2D eigenvalue weighted by Crippen LogP contribution is -2.40. The number of carbonyl (C=O) groups excluding carboxylic acids is 1. The Labute approximate surface area is 176 Å². The van der Waals surface area contributed by atoms with Crippen molar-refractivity contribution in [2.45, 2.75) is 17.9 Å². The second-order valence-electron chi connectivity index (χ2n) is 6.71. The number of furan rings is 1. The topological polar surface area (TPSA) is 89.3 Å². The molecule has 0 radical (unpaired) electrons. The van der Waals surface area contributed by atoms with Crippen molar-refractivity contribution in [2.24, 2.45) is 0 Å². The van der Waals surface area contributed by atoms with Crippen molar-refractivity contribution in [3.8, 4) is 18.1 Å². The molecular formula is C21H24N2O6S. The monoisotopic (exact) mass is 432 g/mol. The third-order valence-corrected chi connectivity index (χ3v) is 6.65. The van der Waals surface area contributed by atoms with E-state index in [2.05, 4.69) is 5.92 Å². The average Bonchev–Trinajstić information content (AvgIpc) is 3.27. The van der Waals surface area contributed by atoms with Gasteiger partial charge in [0.15, 0.2) is 0 Å². The molecule has 3 rings (SSSR count). The normalized spacial score (nSPS) is 14.8. The van der Waals surface area contributed by atoms with Crippen molar-refractivity contribution in [3.63, 3.8) is 0 Å². The van der Waals surface area contributed by atoms with E-state index >= 15 is 0 Å². The highest BCUT2D eigenvalue weighted by Gasteiger charge is 2.30. The van der Waals surface area contributed by atoms with E-state index in [0.717, 1.165) is 0 Å². The molecule has 160 valence electrons. The van der Waals surface area contributed by atoms with Crippen LogP contribution in [0.5, 0.6) is 5.75 Å². The lowest BCUT2D eigenvalue weighted by Gasteiger charge is -2.27. The largest absolute Gasteiger partial charge is 0.495 e. The van der Waals surface area contributed by atoms with E-state index in [-0.39, 0.29) is 49.2 Å². The molecule has 1 amide bonds. The summed E-state index contributed by atoms with van der Waals surface area (Å²) in [5, 5.41) is 0. The van der Waals surface area contributed by atoms with Gasteiger partial charge in [0.1, 0.15) is 16.4 Å². The van der Waals surface area contributed by atoms with E-state index in [1.807, 2.05) is 0 Å². The summed E-state index contributed by atoms with van der Waals surface area (Å²) < 4.78 is 43.4. The van der Waals surface area contributed by atoms with Gasteiger partial charge in [-0.3, -0.25) is 4.79 Å². The molecule has 9 heteroatoms. The molecule has 2 aromatic rings. The molecule has 30 heavy (non-hydrogen) atoms. The summed E-state index contributed by atoms with van der Waals surface area (Å²) in [6.45, 7) is 1.59. The van der Waals surface area contributed by atoms with Crippen molar-refractivity contribution in [2.75, 3.05) is 40.0 Å². The minimum atomic E-state index is -3.78. The first kappa shape index (κ1) is 21.9. The standard InChI is InChI=1S/C21H24N2O6S/c1-3-8-22(16-18-5-4-11-29-18)21(24)15-17-6-7-19(27-2)20(14-17)30(25,26)23-9-12-28-13-10-23/h1,4-7,11,14H,8-10,12-13,15-16H2,2H3. The number of sulfonamides is 1. The molecule has 0 atom stereocenters. The molecule has 1 saturated heterocycles. The summed E-state index contributed by atoms with van der Waals surface area (Å²) in [5.74, 6) is 3.09. The fourth-order valence-corrected chi connectivity index (χ4v) is 4.79. The quantitative estimate of drug-likeness (QED) is 0.588. The molecule has 1 aliphatic rings. The van der Waals surface area contributed by atoms with Crippen LogP contribution in [0, 0.1) is 12.3 Å². The fraction of sp³-hybridized carbons (Fsp3) is 0.381. The van der Waals surface area contributed by atoms with Crippen LogP contribution in [0.25, 0.3) is 0 Å². The van der Waals surface area contributed by atoms with Gasteiger partial charge in [-0.25, -0.2) is 8.42 Å². The molecule has 0 N–H and O–H groups in total. The zero-order valence-corrected chi connectivity index (χ0v) is 17.6. The van der Waals surface area contributed by atoms with Gasteiger partial charge in [-0.2, -0.15) is 4.31 Å². The summed E-state index contributed by atoms with van der Waals surface area (Å²) in [5.41, 5.74) is 0.550. The highest BCUT2D eigenvalue weighted by molar-refractivity contribution is 7.89. The predicted octanol–water partition coefficient (Wildman–Crippen LogP) is 1.51. The van der Waals surface area contributed by atoms with E-state index in [1.54, 1.807) is 24.3 Å². The maximum atomic E-state index is 13.1. The fourth-order valence-electron chi connectivity index (χ4n) is 3.18. The molecule has 1 fully saturated rings. The molecule has 1 aliphatic heterocycles. The lowest BCUT2D eigenvalue weighted by atomic mass is 10.1. The van der Waals surface area contributed by atoms with Crippen LogP contribution < -0.4 is 4.74 Å². The van der Waals surface area contributed by atoms with Crippen molar-refractivity contribution >= 4 is 15.9 Å². The zero-order valence-electron chi connectivity index (χ0n) is 16.7. The maximum absolute atomic E-state index is 13.1. The Hall–Kier alpha value is -2.80. The third-order valence-electron chi connectivity index (χ3n) is 4.73. The Balaban J connectivity index is 1.83. The summed E-state index contributed by atoms with van der Waals surface area (Å²) in [7, 11) is -2.37. The van der Waals surface area contributed by atoms with Crippen LogP contribution in [0.1, 0.15) is 11.3 Å². The number of terminal acetylenes is 1. The van der Waals surface area contributed by atoms with Gasteiger partial charge in [-0.1, -0.05) is 12.0 Å². The molecule has 0 saturated carbocycles. The van der Waals surface area contributed by atoms with Gasteiger partial charge < -0.3 is 18.8 Å². The van der Waals surface area contributed by atoms with E-state index < -0.39 is 10.0 Å². The molecule has 0 unspecified atom stereocenters. The van der Waals surface area contributed by atoms with E-state index in [9.17, 15) is 13.2 Å². The van der Waals surface area contributed by atoms with Crippen LogP contribution in [0.15, 0.2) is 45.9 Å². The highest BCUT2D eigenvalue weighted by atomic mass is 32.2. The van der Waals surface area contributed by atoms with E-state index in [4.69, 9.17) is 20.3 Å². The minimum Gasteiger partial charge on any atom is -0.495 e. The van der Waals surface area contributed by atoms with Crippen LogP contribution in [0.4, 0.5) is 0 Å². The number of carbonyl (C=O) groups is 1. The number of amides is 1. The first-order valence-corrected chi connectivity index (χ1v) is 10.9. The lowest BCUT2D eigenvalue weighted by molar-refractivity contribution is -0.130. The van der Waals surface area contributed by atoms with Gasteiger partial charge in [0.2, 0.25) is 15.9 Å². The number of hydrogen-bond donors (Lipinski definition) is 0. The molecule has 0 aliphatic carbocycles. The minimum absolute atomic E-state index is 0.00197. The van der Waals surface area contributed by atoms with Crippen LogP contribution in [0.2, 0.25) is 0 Å². The number of rotatable bonds is 8. The van der Waals surface area contributed by atoms with Gasteiger partial charge in [-0.15, -0.1) is 6.42 Å². The highest BCUT2D eigenvalue weighted by Crippen LogP contribution is 2.28. The smallest absolute Gasteiger partial charge is 0.246 e. The van der Waals surface area contributed by atoms with E-state index in [1.165, 1.54) is 28.6 Å². The molecule has 1 aromatic heterocycles. The summed E-state index contributed by atoms with van der Waals surface area (Å²) >= 11 is 0. The van der Waals surface area contributed by atoms with Crippen molar-refractivity contribution < 1.29 is 27.1 Å². The van der Waals surface area contributed by atoms with Crippen molar-refractivity contribution in [1.82, 2.24) is 9.21 Å². The molecule has 0 spiro atoms. The van der Waals surface area contributed by atoms with E-state index in [0.29, 0.717) is 24.5 Å². The van der Waals surface area contributed by atoms with Gasteiger partial charge in [0.05, 0.1) is 46.1 Å². The molecule has 2 heterocycles. The summed E-state index contributed by atoms with van der Waals surface area (Å²) in [4.78, 5) is 14.3. The molecule has 0 bridgehead atoms. The van der Waals surface area contributed by atoms with Crippen LogP contribution in [0.3, 0.4) is 0 Å². The summed E-state index contributed by atoms with van der Waals surface area (Å²) in [6, 6.07) is 8.23.